The van der Waals surface area contributed by atoms with Crippen molar-refractivity contribution < 1.29 is 19.1 Å². The summed E-state index contributed by atoms with van der Waals surface area (Å²) in [5.74, 6) is -1.30. The van der Waals surface area contributed by atoms with E-state index in [0.29, 0.717) is 17.7 Å². The lowest BCUT2D eigenvalue weighted by Gasteiger charge is -2.21. The molecule has 2 amide bonds. The normalized spacial score (nSPS) is 11.4. The van der Waals surface area contributed by atoms with E-state index in [9.17, 15) is 14.4 Å². The number of hydrogen-bond acceptors (Lipinski definition) is 4. The zero-order chi connectivity index (χ0) is 26.9. The first-order chi connectivity index (χ1) is 18.5. The average molecular weight is 525 g/mol. The first-order valence-corrected chi connectivity index (χ1v) is 13.6. The number of methoxy groups -OCH3 is 1. The van der Waals surface area contributed by atoms with Gasteiger partial charge >= 0.3 is 5.97 Å². The van der Waals surface area contributed by atoms with Crippen LogP contribution in [-0.2, 0) is 16.1 Å². The summed E-state index contributed by atoms with van der Waals surface area (Å²) in [6.07, 6.45) is 0. The Labute approximate surface area is 223 Å². The zero-order valence-corrected chi connectivity index (χ0v) is 22.2. The molecule has 38 heavy (non-hydrogen) atoms. The van der Waals surface area contributed by atoms with Crippen LogP contribution < -0.4 is 26.5 Å². The minimum Gasteiger partial charge on any atom is -0.467 e. The molecule has 0 heterocycles. The lowest BCUT2D eigenvalue weighted by atomic mass is 10.1. The van der Waals surface area contributed by atoms with E-state index in [-0.39, 0.29) is 5.91 Å². The second kappa shape index (κ2) is 12.8. The predicted octanol–water partition coefficient (Wildman–Crippen LogP) is 3.67. The van der Waals surface area contributed by atoms with Crippen LogP contribution >= 0.6 is 7.92 Å². The lowest BCUT2D eigenvalue weighted by molar-refractivity contribution is -0.142. The van der Waals surface area contributed by atoms with Crippen LogP contribution in [0, 0.1) is 0 Å². The largest absolute Gasteiger partial charge is 0.467 e. The maximum absolute atomic E-state index is 13.3. The Balaban J connectivity index is 1.76. The Morgan fingerprint density at radius 3 is 1.74 bits per heavy atom. The number of amides is 2. The first kappa shape index (κ1) is 26.8. The smallest absolute Gasteiger partial charge is 0.328 e. The molecule has 192 valence electrons. The van der Waals surface area contributed by atoms with Gasteiger partial charge in [-0.2, -0.15) is 0 Å². The first-order valence-electron chi connectivity index (χ1n) is 12.2. The number of nitrogens with one attached hydrogen (secondary N) is 2. The van der Waals surface area contributed by atoms with Crippen molar-refractivity contribution in [3.8, 4) is 0 Å². The molecule has 1 atom stereocenters. The Morgan fingerprint density at radius 1 is 0.711 bits per heavy atom. The molecule has 0 aliphatic carbocycles. The van der Waals surface area contributed by atoms with Gasteiger partial charge < -0.3 is 15.4 Å². The Kier molecular flexibility index (Phi) is 9.02. The molecule has 4 aromatic rings. The van der Waals surface area contributed by atoms with Crippen molar-refractivity contribution in [2.24, 2.45) is 0 Å². The molecule has 7 heteroatoms. The van der Waals surface area contributed by atoms with Crippen LogP contribution in [0.2, 0.25) is 0 Å². The van der Waals surface area contributed by atoms with Crippen LogP contribution in [0.4, 0.5) is 0 Å². The number of hydrogen-bond donors (Lipinski definition) is 2. The SMILES string of the molecule is COC(=O)[C@H](C)NC(=O)c1cc(C(=O)NCc2ccccc2)cc(P(c2ccccc2)c2ccccc2)c1. The maximum atomic E-state index is 13.3. The summed E-state index contributed by atoms with van der Waals surface area (Å²) in [6, 6.07) is 34.1. The highest BCUT2D eigenvalue weighted by atomic mass is 31.1. The quantitative estimate of drug-likeness (QED) is 0.259. The van der Waals surface area contributed by atoms with Crippen molar-refractivity contribution >= 4 is 41.6 Å². The van der Waals surface area contributed by atoms with Crippen LogP contribution in [0.25, 0.3) is 0 Å². The molecule has 0 aromatic heterocycles. The van der Waals surface area contributed by atoms with Gasteiger partial charge in [0.25, 0.3) is 11.8 Å². The maximum Gasteiger partial charge on any atom is 0.328 e. The number of esters is 1. The predicted molar refractivity (Wildman–Crippen MR) is 152 cm³/mol. The van der Waals surface area contributed by atoms with Crippen molar-refractivity contribution in [3.05, 3.63) is 126 Å². The van der Waals surface area contributed by atoms with Gasteiger partial charge in [0, 0.05) is 17.7 Å². The summed E-state index contributed by atoms with van der Waals surface area (Å²) in [5, 5.41) is 8.66. The van der Waals surface area contributed by atoms with Gasteiger partial charge in [0.2, 0.25) is 0 Å². The molecule has 4 rings (SSSR count). The minimum atomic E-state index is -1.07. The average Bonchev–Trinajstić information content (AvgIpc) is 2.97. The summed E-state index contributed by atoms with van der Waals surface area (Å²) in [6.45, 7) is 1.92. The summed E-state index contributed by atoms with van der Waals surface area (Å²) in [4.78, 5) is 38.5. The highest BCUT2D eigenvalue weighted by Gasteiger charge is 2.23. The molecular weight excluding hydrogens is 495 g/mol. The van der Waals surface area contributed by atoms with E-state index in [1.807, 2.05) is 72.8 Å². The highest BCUT2D eigenvalue weighted by Crippen LogP contribution is 2.33. The molecule has 0 fully saturated rings. The third-order valence-corrected chi connectivity index (χ3v) is 8.33. The van der Waals surface area contributed by atoms with Crippen molar-refractivity contribution in [2.75, 3.05) is 7.11 Å². The van der Waals surface area contributed by atoms with Crippen LogP contribution in [0.1, 0.15) is 33.2 Å². The molecule has 0 aliphatic rings. The highest BCUT2D eigenvalue weighted by molar-refractivity contribution is 7.79. The third kappa shape index (κ3) is 6.72. The number of carbonyl (C=O) groups is 3. The fourth-order valence-corrected chi connectivity index (χ4v) is 6.37. The van der Waals surface area contributed by atoms with Crippen molar-refractivity contribution in [1.82, 2.24) is 10.6 Å². The minimum absolute atomic E-state index is 0.290. The Morgan fingerprint density at radius 2 is 1.21 bits per heavy atom. The van der Waals surface area contributed by atoms with E-state index < -0.39 is 25.8 Å². The van der Waals surface area contributed by atoms with Crippen LogP contribution in [0.5, 0.6) is 0 Å². The third-order valence-electron chi connectivity index (χ3n) is 5.93. The van der Waals surface area contributed by atoms with Gasteiger partial charge in [0.15, 0.2) is 0 Å². The van der Waals surface area contributed by atoms with E-state index in [1.165, 1.54) is 7.11 Å². The zero-order valence-electron chi connectivity index (χ0n) is 21.3. The summed E-state index contributed by atoms with van der Waals surface area (Å²) >= 11 is 0. The Hall–Kier alpha value is -4.28. The molecule has 0 saturated carbocycles. The van der Waals surface area contributed by atoms with Crippen molar-refractivity contribution in [3.63, 3.8) is 0 Å². The molecule has 6 nitrogen and oxygen atoms in total. The van der Waals surface area contributed by atoms with Gasteiger partial charge in [0.05, 0.1) is 7.11 Å². The fourth-order valence-electron chi connectivity index (χ4n) is 4.00. The van der Waals surface area contributed by atoms with Gasteiger partial charge in [-0.15, -0.1) is 0 Å². The van der Waals surface area contributed by atoms with E-state index >= 15 is 0 Å². The van der Waals surface area contributed by atoms with Gasteiger partial charge in [-0.25, -0.2) is 4.79 Å². The van der Waals surface area contributed by atoms with Gasteiger partial charge in [0.1, 0.15) is 6.04 Å². The fraction of sp³-hybridized carbons (Fsp3) is 0.129. The van der Waals surface area contributed by atoms with Crippen LogP contribution in [0.15, 0.2) is 109 Å². The molecule has 4 aromatic carbocycles. The Bertz CT molecular complexity index is 1360. The van der Waals surface area contributed by atoms with E-state index in [1.54, 1.807) is 19.1 Å². The monoisotopic (exact) mass is 524 g/mol. The number of benzene rings is 4. The van der Waals surface area contributed by atoms with Gasteiger partial charge in [-0.05, 0) is 54.5 Å². The van der Waals surface area contributed by atoms with Gasteiger partial charge in [-0.3, -0.25) is 9.59 Å². The molecular formula is C31H29N2O4P. The van der Waals surface area contributed by atoms with Crippen LogP contribution in [0.3, 0.4) is 0 Å². The van der Waals surface area contributed by atoms with Crippen molar-refractivity contribution in [2.45, 2.75) is 19.5 Å². The number of ether oxygens (including phenoxy) is 1. The summed E-state index contributed by atoms with van der Waals surface area (Å²) in [5.41, 5.74) is 1.63. The molecule has 0 unspecified atom stereocenters. The summed E-state index contributed by atoms with van der Waals surface area (Å²) in [7, 11) is 0.203. The molecule has 0 spiro atoms. The number of rotatable bonds is 9. The second-order valence-corrected chi connectivity index (χ2v) is 10.9. The lowest BCUT2D eigenvalue weighted by Crippen LogP contribution is -2.39. The molecule has 0 aliphatic heterocycles. The molecule has 2 N–H and O–H groups in total. The summed E-state index contributed by atoms with van der Waals surface area (Å²) < 4.78 is 4.75. The van der Waals surface area contributed by atoms with E-state index in [4.69, 9.17) is 4.74 Å². The second-order valence-electron chi connectivity index (χ2n) is 8.66. The van der Waals surface area contributed by atoms with Gasteiger partial charge in [-0.1, -0.05) is 91.0 Å². The topological polar surface area (TPSA) is 84.5 Å². The molecule has 0 radical (unpaired) electrons. The molecule has 0 saturated heterocycles. The van der Waals surface area contributed by atoms with E-state index in [2.05, 4.69) is 34.9 Å². The number of carbonyl (C=O) groups excluding carboxylic acids is 3. The van der Waals surface area contributed by atoms with Crippen molar-refractivity contribution in [1.29, 1.82) is 0 Å². The molecule has 0 bridgehead atoms. The van der Waals surface area contributed by atoms with Crippen LogP contribution in [-0.4, -0.2) is 30.9 Å². The standard InChI is InChI=1S/C31H29N2O4P/c1-22(31(36)37-2)33-30(35)25-18-24(29(34)32-21-23-12-6-3-7-13-23)19-28(20-25)38(26-14-8-4-9-15-26)27-16-10-5-11-17-27/h3-20,22H,21H2,1-2H3,(H,32,34)(H,33,35)/t22-/m0/s1. The van der Waals surface area contributed by atoms with E-state index in [0.717, 1.165) is 21.5 Å².